The van der Waals surface area contributed by atoms with Gasteiger partial charge in [-0.25, -0.2) is 0 Å². The standard InChI is InChI=1S/C16H23N3OS/c20-16(18-7-8-19-9-11-21-12-10-19)15-14-4-2-1-3-13(14)5-6-17-15/h1-4,15,17H,5-12H2,(H,18,20). The van der Waals surface area contributed by atoms with Crippen molar-refractivity contribution in [3.63, 3.8) is 0 Å². The fraction of sp³-hybridized carbons (Fsp3) is 0.562. The van der Waals surface area contributed by atoms with Crippen LogP contribution in [-0.4, -0.2) is 55.0 Å². The van der Waals surface area contributed by atoms with Crippen LogP contribution >= 0.6 is 11.8 Å². The Labute approximate surface area is 130 Å². The van der Waals surface area contributed by atoms with Gasteiger partial charge in [0.05, 0.1) is 0 Å². The SMILES string of the molecule is O=C(NCCN1CCSCC1)C1NCCc2ccccc21. The summed E-state index contributed by atoms with van der Waals surface area (Å²) in [5.41, 5.74) is 2.43. The fourth-order valence-corrected chi connectivity index (χ4v) is 3.98. The molecule has 2 N–H and O–H groups in total. The van der Waals surface area contributed by atoms with Gasteiger partial charge in [0.15, 0.2) is 0 Å². The highest BCUT2D eigenvalue weighted by Crippen LogP contribution is 2.22. The fourth-order valence-electron chi connectivity index (χ4n) is 3.00. The summed E-state index contributed by atoms with van der Waals surface area (Å²) < 4.78 is 0. The van der Waals surface area contributed by atoms with E-state index in [1.165, 1.54) is 17.1 Å². The Hall–Kier alpha value is -1.04. The number of fused-ring (bicyclic) bond motifs is 1. The number of thioether (sulfide) groups is 1. The van der Waals surface area contributed by atoms with Crippen molar-refractivity contribution in [1.82, 2.24) is 15.5 Å². The highest BCUT2D eigenvalue weighted by molar-refractivity contribution is 7.99. The van der Waals surface area contributed by atoms with E-state index >= 15 is 0 Å². The van der Waals surface area contributed by atoms with E-state index in [1.807, 2.05) is 23.9 Å². The molecule has 2 aliphatic heterocycles. The number of nitrogens with zero attached hydrogens (tertiary/aromatic N) is 1. The van der Waals surface area contributed by atoms with Crippen LogP contribution in [0.1, 0.15) is 17.2 Å². The first-order valence-corrected chi connectivity index (χ1v) is 8.89. The summed E-state index contributed by atoms with van der Waals surface area (Å²) in [5, 5.41) is 6.43. The minimum atomic E-state index is -0.188. The van der Waals surface area contributed by atoms with Crippen LogP contribution < -0.4 is 10.6 Å². The average Bonchev–Trinajstić information content (AvgIpc) is 2.55. The summed E-state index contributed by atoms with van der Waals surface area (Å²) in [6.07, 6.45) is 1.01. The van der Waals surface area contributed by atoms with Crippen molar-refractivity contribution in [3.8, 4) is 0 Å². The Morgan fingerprint density at radius 1 is 1.33 bits per heavy atom. The van der Waals surface area contributed by atoms with Crippen LogP contribution in [0.15, 0.2) is 24.3 Å². The minimum Gasteiger partial charge on any atom is -0.353 e. The number of nitrogens with one attached hydrogen (secondary N) is 2. The van der Waals surface area contributed by atoms with Crippen LogP contribution in [0.25, 0.3) is 0 Å². The van der Waals surface area contributed by atoms with Crippen molar-refractivity contribution < 1.29 is 4.79 Å². The minimum absolute atomic E-state index is 0.105. The van der Waals surface area contributed by atoms with Gasteiger partial charge in [-0.3, -0.25) is 9.69 Å². The van der Waals surface area contributed by atoms with Crippen molar-refractivity contribution in [2.75, 3.05) is 44.2 Å². The van der Waals surface area contributed by atoms with Gasteiger partial charge >= 0.3 is 0 Å². The smallest absolute Gasteiger partial charge is 0.241 e. The van der Waals surface area contributed by atoms with Crippen LogP contribution in [0.2, 0.25) is 0 Å². The molecular weight excluding hydrogens is 282 g/mol. The highest BCUT2D eigenvalue weighted by Gasteiger charge is 2.25. The molecular formula is C16H23N3OS. The Kier molecular flexibility index (Phi) is 5.17. The molecule has 1 atom stereocenters. The van der Waals surface area contributed by atoms with Crippen LogP contribution in [0, 0.1) is 0 Å². The third-order valence-corrected chi connectivity index (χ3v) is 5.14. The lowest BCUT2D eigenvalue weighted by Gasteiger charge is -2.28. The number of hydrogen-bond donors (Lipinski definition) is 2. The zero-order valence-electron chi connectivity index (χ0n) is 12.3. The number of amides is 1. The average molecular weight is 305 g/mol. The molecule has 4 nitrogen and oxygen atoms in total. The molecule has 2 aliphatic rings. The molecule has 1 aromatic rings. The molecule has 1 fully saturated rings. The van der Waals surface area contributed by atoms with E-state index in [9.17, 15) is 4.79 Å². The number of rotatable bonds is 4. The summed E-state index contributed by atoms with van der Waals surface area (Å²) in [5.74, 6) is 2.53. The van der Waals surface area contributed by atoms with Gasteiger partial charge in [-0.2, -0.15) is 11.8 Å². The second kappa shape index (κ2) is 7.29. The molecule has 0 spiro atoms. The topological polar surface area (TPSA) is 44.4 Å². The van der Waals surface area contributed by atoms with Crippen LogP contribution in [0.3, 0.4) is 0 Å². The predicted molar refractivity (Wildman–Crippen MR) is 87.7 cm³/mol. The van der Waals surface area contributed by atoms with Gasteiger partial charge in [-0.05, 0) is 17.5 Å². The predicted octanol–water partition coefficient (Wildman–Crippen LogP) is 1.04. The number of hydrogen-bond acceptors (Lipinski definition) is 4. The second-order valence-electron chi connectivity index (χ2n) is 5.58. The normalized spacial score (nSPS) is 22.6. The van der Waals surface area contributed by atoms with Crippen molar-refractivity contribution in [2.24, 2.45) is 0 Å². The van der Waals surface area contributed by atoms with Crippen molar-refractivity contribution in [2.45, 2.75) is 12.5 Å². The molecule has 3 rings (SSSR count). The van der Waals surface area contributed by atoms with Crippen LogP contribution in [0.4, 0.5) is 0 Å². The maximum atomic E-state index is 12.4. The van der Waals surface area contributed by atoms with Crippen LogP contribution in [-0.2, 0) is 11.2 Å². The van der Waals surface area contributed by atoms with Crippen LogP contribution in [0.5, 0.6) is 0 Å². The molecule has 1 amide bonds. The lowest BCUT2D eigenvalue weighted by atomic mass is 9.94. The molecule has 1 aromatic carbocycles. The Bertz CT molecular complexity index is 488. The summed E-state index contributed by atoms with van der Waals surface area (Å²) in [6, 6.07) is 8.06. The maximum absolute atomic E-state index is 12.4. The Balaban J connectivity index is 1.51. The van der Waals surface area contributed by atoms with Gasteiger partial charge in [0, 0.05) is 44.2 Å². The first kappa shape index (κ1) is 14.9. The molecule has 114 valence electrons. The lowest BCUT2D eigenvalue weighted by Crippen LogP contribution is -2.44. The van der Waals surface area contributed by atoms with Crippen molar-refractivity contribution in [1.29, 1.82) is 0 Å². The van der Waals surface area contributed by atoms with Gasteiger partial charge in [0.2, 0.25) is 5.91 Å². The first-order valence-electron chi connectivity index (χ1n) is 7.73. The van der Waals surface area contributed by atoms with Gasteiger partial charge in [0.25, 0.3) is 0 Å². The highest BCUT2D eigenvalue weighted by atomic mass is 32.2. The third-order valence-electron chi connectivity index (χ3n) is 4.20. The zero-order valence-corrected chi connectivity index (χ0v) is 13.1. The zero-order chi connectivity index (χ0) is 14.5. The van der Waals surface area contributed by atoms with E-state index in [0.29, 0.717) is 0 Å². The summed E-state index contributed by atoms with van der Waals surface area (Å²) >= 11 is 2.01. The van der Waals surface area contributed by atoms with E-state index in [1.54, 1.807) is 0 Å². The van der Waals surface area contributed by atoms with E-state index in [-0.39, 0.29) is 11.9 Å². The molecule has 0 bridgehead atoms. The van der Waals surface area contributed by atoms with E-state index in [2.05, 4.69) is 27.7 Å². The summed E-state index contributed by atoms with van der Waals surface area (Å²) in [6.45, 7) is 4.86. The number of carbonyl (C=O) groups is 1. The quantitative estimate of drug-likeness (QED) is 0.872. The van der Waals surface area contributed by atoms with E-state index in [0.717, 1.165) is 44.7 Å². The van der Waals surface area contributed by atoms with Gasteiger partial charge < -0.3 is 10.6 Å². The molecule has 5 heteroatoms. The Morgan fingerprint density at radius 2 is 2.14 bits per heavy atom. The Morgan fingerprint density at radius 3 is 3.00 bits per heavy atom. The molecule has 2 heterocycles. The van der Waals surface area contributed by atoms with Gasteiger partial charge in [0.1, 0.15) is 6.04 Å². The van der Waals surface area contributed by atoms with E-state index in [4.69, 9.17) is 0 Å². The maximum Gasteiger partial charge on any atom is 0.241 e. The lowest BCUT2D eigenvalue weighted by molar-refractivity contribution is -0.123. The third kappa shape index (κ3) is 3.78. The molecule has 0 radical (unpaired) electrons. The van der Waals surface area contributed by atoms with E-state index < -0.39 is 0 Å². The van der Waals surface area contributed by atoms with Crippen molar-refractivity contribution >= 4 is 17.7 Å². The largest absolute Gasteiger partial charge is 0.353 e. The summed E-state index contributed by atoms with van der Waals surface area (Å²) in [4.78, 5) is 14.8. The first-order chi connectivity index (χ1) is 10.3. The van der Waals surface area contributed by atoms with Gasteiger partial charge in [-0.1, -0.05) is 24.3 Å². The molecule has 0 aliphatic carbocycles. The monoisotopic (exact) mass is 305 g/mol. The summed E-state index contributed by atoms with van der Waals surface area (Å²) in [7, 11) is 0. The molecule has 1 saturated heterocycles. The van der Waals surface area contributed by atoms with Gasteiger partial charge in [-0.15, -0.1) is 0 Å². The second-order valence-corrected chi connectivity index (χ2v) is 6.81. The molecule has 0 saturated carbocycles. The molecule has 1 unspecified atom stereocenters. The number of carbonyl (C=O) groups excluding carboxylic acids is 1. The molecule has 21 heavy (non-hydrogen) atoms. The molecule has 0 aromatic heterocycles. The number of benzene rings is 1. The van der Waals surface area contributed by atoms with Crippen molar-refractivity contribution in [3.05, 3.63) is 35.4 Å².